The Labute approximate surface area is 212 Å². The predicted octanol–water partition coefficient (Wildman–Crippen LogP) is 5.04. The van der Waals surface area contributed by atoms with Crippen LogP contribution < -0.4 is 5.32 Å². The molecule has 1 atom stereocenters. The van der Waals surface area contributed by atoms with Crippen LogP contribution in [0.4, 0.5) is 0 Å². The fourth-order valence-corrected chi connectivity index (χ4v) is 4.82. The Morgan fingerprint density at radius 2 is 1.66 bits per heavy atom. The molecule has 0 aliphatic carbocycles. The SMILES string of the molecule is CC1(C(=O)NCc2ccccc2)Cn2nc(-c3ccccc3)cc2C(=O)N1Cc1ccccc1Br. The topological polar surface area (TPSA) is 67.2 Å². The molecule has 35 heavy (non-hydrogen) atoms. The summed E-state index contributed by atoms with van der Waals surface area (Å²) in [7, 11) is 0. The minimum absolute atomic E-state index is 0.218. The molecule has 6 nitrogen and oxygen atoms in total. The number of rotatable bonds is 6. The monoisotopic (exact) mass is 528 g/mol. The average Bonchev–Trinajstić information content (AvgIpc) is 3.31. The molecule has 176 valence electrons. The van der Waals surface area contributed by atoms with E-state index in [4.69, 9.17) is 5.10 Å². The Morgan fingerprint density at radius 3 is 2.37 bits per heavy atom. The Balaban J connectivity index is 1.51. The summed E-state index contributed by atoms with van der Waals surface area (Å²) in [5, 5.41) is 7.75. The van der Waals surface area contributed by atoms with Crippen molar-refractivity contribution in [1.29, 1.82) is 0 Å². The second-order valence-electron chi connectivity index (χ2n) is 8.86. The summed E-state index contributed by atoms with van der Waals surface area (Å²) in [5.74, 6) is -0.441. The number of hydrogen-bond acceptors (Lipinski definition) is 3. The van der Waals surface area contributed by atoms with E-state index in [2.05, 4.69) is 21.2 Å². The first-order valence-electron chi connectivity index (χ1n) is 11.5. The third-order valence-corrected chi connectivity index (χ3v) is 7.21. The molecule has 2 amide bonds. The van der Waals surface area contributed by atoms with Gasteiger partial charge in [-0.25, -0.2) is 0 Å². The molecule has 2 heterocycles. The van der Waals surface area contributed by atoms with Gasteiger partial charge in [-0.15, -0.1) is 0 Å². The highest BCUT2D eigenvalue weighted by Gasteiger charge is 2.48. The maximum atomic E-state index is 13.8. The molecule has 1 aromatic heterocycles. The Bertz CT molecular complexity index is 1370. The summed E-state index contributed by atoms with van der Waals surface area (Å²) in [6.07, 6.45) is 0. The molecule has 1 aliphatic heterocycles. The first-order chi connectivity index (χ1) is 17.0. The molecule has 0 saturated carbocycles. The lowest BCUT2D eigenvalue weighted by Gasteiger charge is -2.43. The molecule has 0 saturated heterocycles. The first kappa shape index (κ1) is 23.1. The van der Waals surface area contributed by atoms with Gasteiger partial charge in [0.05, 0.1) is 12.2 Å². The van der Waals surface area contributed by atoms with Crippen LogP contribution in [0, 0.1) is 0 Å². The first-order valence-corrected chi connectivity index (χ1v) is 12.3. The molecule has 7 heteroatoms. The smallest absolute Gasteiger partial charge is 0.273 e. The Hall–Kier alpha value is -3.71. The van der Waals surface area contributed by atoms with Crippen molar-refractivity contribution in [2.75, 3.05) is 0 Å². The summed E-state index contributed by atoms with van der Waals surface area (Å²) in [6, 6.07) is 29.1. The van der Waals surface area contributed by atoms with Gasteiger partial charge in [0.1, 0.15) is 11.2 Å². The molecule has 0 bridgehead atoms. The van der Waals surface area contributed by atoms with Crippen LogP contribution in [0.5, 0.6) is 0 Å². The molecular formula is C28H25BrN4O2. The lowest BCUT2D eigenvalue weighted by atomic mass is 9.94. The van der Waals surface area contributed by atoms with Crippen molar-refractivity contribution in [3.63, 3.8) is 0 Å². The highest BCUT2D eigenvalue weighted by atomic mass is 79.9. The highest BCUT2D eigenvalue weighted by molar-refractivity contribution is 9.10. The van der Waals surface area contributed by atoms with Gasteiger partial charge in [-0.05, 0) is 30.2 Å². The number of hydrogen-bond donors (Lipinski definition) is 1. The summed E-state index contributed by atoms with van der Waals surface area (Å²) in [5.41, 5.74) is 2.91. The molecule has 0 fully saturated rings. The van der Waals surface area contributed by atoms with Crippen LogP contribution in [0.1, 0.15) is 28.5 Å². The van der Waals surface area contributed by atoms with Crippen LogP contribution in [0.15, 0.2) is 95.5 Å². The van der Waals surface area contributed by atoms with Crippen molar-refractivity contribution in [3.05, 3.63) is 112 Å². The maximum Gasteiger partial charge on any atom is 0.273 e. The van der Waals surface area contributed by atoms with E-state index in [0.29, 0.717) is 24.5 Å². The lowest BCUT2D eigenvalue weighted by Crippen LogP contribution is -2.63. The second kappa shape index (κ2) is 9.50. The normalized spacial score (nSPS) is 17.2. The van der Waals surface area contributed by atoms with Crippen molar-refractivity contribution in [2.45, 2.75) is 32.1 Å². The minimum atomic E-state index is -1.13. The number of amides is 2. The van der Waals surface area contributed by atoms with E-state index in [9.17, 15) is 9.59 Å². The second-order valence-corrected chi connectivity index (χ2v) is 9.72. The zero-order chi connectivity index (χ0) is 24.4. The number of carbonyl (C=O) groups excluding carboxylic acids is 2. The van der Waals surface area contributed by atoms with Crippen LogP contribution in [-0.4, -0.2) is 32.0 Å². The van der Waals surface area contributed by atoms with Crippen LogP contribution >= 0.6 is 15.9 Å². The van der Waals surface area contributed by atoms with Crippen molar-refractivity contribution in [1.82, 2.24) is 20.0 Å². The van der Waals surface area contributed by atoms with Gasteiger partial charge in [0.2, 0.25) is 5.91 Å². The van der Waals surface area contributed by atoms with Crippen molar-refractivity contribution in [3.8, 4) is 11.3 Å². The largest absolute Gasteiger partial charge is 0.350 e. The van der Waals surface area contributed by atoms with Crippen LogP contribution in [0.2, 0.25) is 0 Å². The van der Waals surface area contributed by atoms with Crippen molar-refractivity contribution >= 4 is 27.7 Å². The summed E-state index contributed by atoms with van der Waals surface area (Å²) >= 11 is 3.59. The van der Waals surface area contributed by atoms with E-state index in [-0.39, 0.29) is 18.4 Å². The number of fused-ring (bicyclic) bond motifs is 1. The standard InChI is InChI=1S/C28H25BrN4O2/c1-28(27(35)30-17-20-10-4-2-5-11-20)19-33-25(16-24(31-33)21-12-6-3-7-13-21)26(34)32(28)18-22-14-8-9-15-23(22)29/h2-16H,17-19H2,1H3,(H,30,35). The number of nitrogens with zero attached hydrogens (tertiary/aromatic N) is 3. The van der Waals surface area contributed by atoms with Crippen LogP contribution in [-0.2, 0) is 24.4 Å². The Morgan fingerprint density at radius 1 is 1.00 bits per heavy atom. The van der Waals surface area contributed by atoms with Crippen molar-refractivity contribution in [2.24, 2.45) is 0 Å². The van der Waals surface area contributed by atoms with Crippen LogP contribution in [0.25, 0.3) is 11.3 Å². The predicted molar refractivity (Wildman–Crippen MR) is 138 cm³/mol. The van der Waals surface area contributed by atoms with Gasteiger partial charge in [0.25, 0.3) is 5.91 Å². The molecule has 4 aromatic rings. The number of carbonyl (C=O) groups is 2. The molecule has 3 aromatic carbocycles. The van der Waals surface area contributed by atoms with Crippen molar-refractivity contribution < 1.29 is 9.59 Å². The van der Waals surface area contributed by atoms with E-state index in [1.54, 1.807) is 9.58 Å². The molecule has 1 unspecified atom stereocenters. The van der Waals surface area contributed by atoms with Gasteiger partial charge in [-0.2, -0.15) is 5.10 Å². The molecular weight excluding hydrogens is 504 g/mol. The number of benzene rings is 3. The summed E-state index contributed by atoms with van der Waals surface area (Å²) < 4.78 is 2.56. The minimum Gasteiger partial charge on any atom is -0.350 e. The van der Waals surface area contributed by atoms with Gasteiger partial charge < -0.3 is 10.2 Å². The fourth-order valence-electron chi connectivity index (χ4n) is 4.41. The van der Waals surface area contributed by atoms with E-state index in [1.807, 2.05) is 97.9 Å². The number of aromatic nitrogens is 2. The zero-order valence-electron chi connectivity index (χ0n) is 19.3. The number of nitrogens with one attached hydrogen (secondary N) is 1. The van der Waals surface area contributed by atoms with Gasteiger partial charge in [-0.1, -0.05) is 94.8 Å². The third-order valence-electron chi connectivity index (χ3n) is 6.44. The summed E-state index contributed by atoms with van der Waals surface area (Å²) in [4.78, 5) is 29.2. The van der Waals surface area contributed by atoms with E-state index >= 15 is 0 Å². The molecule has 5 rings (SSSR count). The van der Waals surface area contributed by atoms with Gasteiger partial charge in [-0.3, -0.25) is 14.3 Å². The molecule has 0 spiro atoms. The van der Waals surface area contributed by atoms with E-state index < -0.39 is 5.54 Å². The number of halogens is 1. The van der Waals surface area contributed by atoms with Gasteiger partial charge >= 0.3 is 0 Å². The molecule has 0 radical (unpaired) electrons. The fraction of sp³-hybridized carbons (Fsp3) is 0.179. The molecule has 1 N–H and O–H groups in total. The lowest BCUT2D eigenvalue weighted by molar-refractivity contribution is -0.133. The third kappa shape index (κ3) is 4.51. The van der Waals surface area contributed by atoms with Gasteiger partial charge in [0.15, 0.2) is 0 Å². The van der Waals surface area contributed by atoms with Gasteiger partial charge in [0, 0.05) is 23.1 Å². The van der Waals surface area contributed by atoms with E-state index in [0.717, 1.165) is 21.2 Å². The quantitative estimate of drug-likeness (QED) is 0.381. The summed E-state index contributed by atoms with van der Waals surface area (Å²) in [6.45, 7) is 2.75. The zero-order valence-corrected chi connectivity index (χ0v) is 20.9. The Kier molecular flexibility index (Phi) is 6.26. The maximum absolute atomic E-state index is 13.8. The highest BCUT2D eigenvalue weighted by Crippen LogP contribution is 2.32. The van der Waals surface area contributed by atoms with Crippen LogP contribution in [0.3, 0.4) is 0 Å². The average molecular weight is 529 g/mol. The molecule has 1 aliphatic rings. The van der Waals surface area contributed by atoms with E-state index in [1.165, 1.54) is 0 Å².